The number of ether oxygens (including phenoxy) is 1. The van der Waals surface area contributed by atoms with Crippen LogP contribution >= 0.6 is 0 Å². The van der Waals surface area contributed by atoms with Crippen molar-refractivity contribution in [2.75, 3.05) is 26.2 Å². The third kappa shape index (κ3) is 4.57. The Balaban J connectivity index is 1.37. The van der Waals surface area contributed by atoms with Crippen LogP contribution in [0.2, 0.25) is 0 Å². The van der Waals surface area contributed by atoms with Crippen LogP contribution in [-0.4, -0.2) is 55.8 Å². The second-order valence-electron chi connectivity index (χ2n) is 7.81. The summed E-state index contributed by atoms with van der Waals surface area (Å²) in [4.78, 5) is 14.8. The lowest BCUT2D eigenvalue weighted by atomic mass is 10.1. The van der Waals surface area contributed by atoms with Crippen LogP contribution in [0.15, 0.2) is 71.6 Å². The number of amides is 1. The Morgan fingerprint density at radius 3 is 2.23 bits per heavy atom. The first-order chi connectivity index (χ1) is 14.8. The first-order valence-corrected chi connectivity index (χ1v) is 11.8. The number of hydrogen-bond acceptors (Lipinski definition) is 4. The van der Waals surface area contributed by atoms with Gasteiger partial charge in [-0.05, 0) is 48.9 Å². The number of aryl methyl sites for hydroxylation is 1. The van der Waals surface area contributed by atoms with Gasteiger partial charge < -0.3 is 9.64 Å². The highest BCUT2D eigenvalue weighted by Crippen LogP contribution is 2.23. The molecule has 1 saturated heterocycles. The van der Waals surface area contributed by atoms with Gasteiger partial charge in [0.05, 0.1) is 4.90 Å². The molecule has 1 aliphatic heterocycles. The first-order valence-electron chi connectivity index (χ1n) is 10.4. The molecule has 162 valence electrons. The highest BCUT2D eigenvalue weighted by atomic mass is 32.2. The van der Waals surface area contributed by atoms with Crippen LogP contribution in [0.4, 0.5) is 0 Å². The van der Waals surface area contributed by atoms with Gasteiger partial charge in [-0.15, -0.1) is 0 Å². The van der Waals surface area contributed by atoms with Gasteiger partial charge in [0.2, 0.25) is 10.0 Å². The van der Waals surface area contributed by atoms with Crippen LogP contribution in [0, 0.1) is 6.92 Å². The van der Waals surface area contributed by atoms with Gasteiger partial charge in [0.1, 0.15) is 5.75 Å². The average Bonchev–Trinajstić information content (AvgIpc) is 2.79. The monoisotopic (exact) mass is 438 g/mol. The van der Waals surface area contributed by atoms with Crippen LogP contribution in [0.3, 0.4) is 0 Å². The SMILES string of the molecule is Cc1ccc(S(=O)(=O)N2CCN(C(=O)[C@@H](C)Oc3ccc4ccccc4c3)CC2)cc1. The van der Waals surface area contributed by atoms with Crippen molar-refractivity contribution in [2.45, 2.75) is 24.8 Å². The van der Waals surface area contributed by atoms with Crippen LogP contribution in [-0.2, 0) is 14.8 Å². The van der Waals surface area contributed by atoms with E-state index in [2.05, 4.69) is 0 Å². The summed E-state index contributed by atoms with van der Waals surface area (Å²) in [5.74, 6) is 0.501. The zero-order chi connectivity index (χ0) is 22.0. The van der Waals surface area contributed by atoms with E-state index in [0.29, 0.717) is 18.8 Å². The van der Waals surface area contributed by atoms with Crippen LogP contribution in [0.25, 0.3) is 10.8 Å². The Morgan fingerprint density at radius 1 is 0.903 bits per heavy atom. The first kappa shape index (κ1) is 21.3. The van der Waals surface area contributed by atoms with Crippen molar-refractivity contribution in [3.05, 3.63) is 72.3 Å². The third-order valence-corrected chi connectivity index (χ3v) is 7.50. The van der Waals surface area contributed by atoms with Crippen LogP contribution in [0.5, 0.6) is 5.75 Å². The zero-order valence-corrected chi connectivity index (χ0v) is 18.5. The molecule has 0 unspecified atom stereocenters. The average molecular weight is 439 g/mol. The molecule has 1 heterocycles. The predicted octanol–water partition coefficient (Wildman–Crippen LogP) is 3.45. The number of benzene rings is 3. The Bertz CT molecular complexity index is 1180. The van der Waals surface area contributed by atoms with Gasteiger partial charge in [-0.1, -0.05) is 48.0 Å². The molecule has 3 aromatic rings. The maximum absolute atomic E-state index is 12.9. The molecule has 1 aliphatic rings. The Hall–Kier alpha value is -2.90. The van der Waals surface area contributed by atoms with Crippen molar-refractivity contribution < 1.29 is 17.9 Å². The summed E-state index contributed by atoms with van der Waals surface area (Å²) in [6.45, 7) is 4.87. The van der Waals surface area contributed by atoms with Gasteiger partial charge in [0, 0.05) is 26.2 Å². The molecule has 3 aromatic carbocycles. The lowest BCUT2D eigenvalue weighted by molar-refractivity contribution is -0.139. The Morgan fingerprint density at radius 2 is 1.55 bits per heavy atom. The number of sulfonamides is 1. The number of fused-ring (bicyclic) bond motifs is 1. The number of hydrogen-bond donors (Lipinski definition) is 0. The lowest BCUT2D eigenvalue weighted by Crippen LogP contribution is -2.53. The molecule has 0 saturated carbocycles. The quantitative estimate of drug-likeness (QED) is 0.612. The van der Waals surface area contributed by atoms with Crippen molar-refractivity contribution in [3.8, 4) is 5.75 Å². The van der Waals surface area contributed by atoms with Crippen LogP contribution < -0.4 is 4.74 Å². The normalized spacial score (nSPS) is 16.3. The van der Waals surface area contributed by atoms with E-state index in [1.807, 2.05) is 49.4 Å². The molecule has 0 bridgehead atoms. The van der Waals surface area contributed by atoms with E-state index in [0.717, 1.165) is 16.3 Å². The van der Waals surface area contributed by atoms with E-state index < -0.39 is 16.1 Å². The fourth-order valence-electron chi connectivity index (χ4n) is 3.76. The number of carbonyl (C=O) groups is 1. The Labute approximate surface area is 183 Å². The number of piperazine rings is 1. The fraction of sp³-hybridized carbons (Fsp3) is 0.292. The van der Waals surface area contributed by atoms with Crippen molar-refractivity contribution in [1.29, 1.82) is 0 Å². The molecule has 0 N–H and O–H groups in total. The van der Waals surface area contributed by atoms with Crippen molar-refractivity contribution in [2.24, 2.45) is 0 Å². The minimum atomic E-state index is -3.55. The summed E-state index contributed by atoms with van der Waals surface area (Å²) in [5.41, 5.74) is 1.01. The maximum Gasteiger partial charge on any atom is 0.263 e. The fourth-order valence-corrected chi connectivity index (χ4v) is 5.18. The molecule has 1 atom stereocenters. The van der Waals surface area contributed by atoms with Gasteiger partial charge in [0.15, 0.2) is 6.10 Å². The van der Waals surface area contributed by atoms with E-state index >= 15 is 0 Å². The van der Waals surface area contributed by atoms with Gasteiger partial charge in [0.25, 0.3) is 5.91 Å². The van der Waals surface area contributed by atoms with Gasteiger partial charge in [-0.25, -0.2) is 8.42 Å². The number of rotatable bonds is 5. The molecule has 1 amide bonds. The largest absolute Gasteiger partial charge is 0.481 e. The molecular weight excluding hydrogens is 412 g/mol. The molecule has 31 heavy (non-hydrogen) atoms. The van der Waals surface area contributed by atoms with Gasteiger partial charge in [-0.3, -0.25) is 4.79 Å². The Kier molecular flexibility index (Phi) is 5.98. The van der Waals surface area contributed by atoms with Gasteiger partial charge in [-0.2, -0.15) is 4.31 Å². The lowest BCUT2D eigenvalue weighted by Gasteiger charge is -2.35. The van der Waals surface area contributed by atoms with E-state index in [4.69, 9.17) is 4.74 Å². The second kappa shape index (κ2) is 8.69. The van der Waals surface area contributed by atoms with Crippen LogP contribution in [0.1, 0.15) is 12.5 Å². The zero-order valence-electron chi connectivity index (χ0n) is 17.7. The summed E-state index contributed by atoms with van der Waals surface area (Å²) in [5, 5.41) is 2.16. The smallest absolute Gasteiger partial charge is 0.263 e. The summed E-state index contributed by atoms with van der Waals surface area (Å²) in [7, 11) is -3.55. The summed E-state index contributed by atoms with van der Waals surface area (Å²) < 4.78 is 33.0. The van der Waals surface area contributed by atoms with Crippen molar-refractivity contribution >= 4 is 26.7 Å². The summed E-state index contributed by atoms with van der Waals surface area (Å²) in [6, 6.07) is 20.6. The maximum atomic E-state index is 12.9. The topological polar surface area (TPSA) is 66.9 Å². The summed E-state index contributed by atoms with van der Waals surface area (Å²) in [6.07, 6.45) is -0.651. The highest BCUT2D eigenvalue weighted by Gasteiger charge is 2.32. The molecule has 4 rings (SSSR count). The molecule has 0 radical (unpaired) electrons. The van der Waals surface area contributed by atoms with Crippen molar-refractivity contribution in [1.82, 2.24) is 9.21 Å². The van der Waals surface area contributed by atoms with E-state index in [1.165, 1.54) is 4.31 Å². The van der Waals surface area contributed by atoms with Gasteiger partial charge >= 0.3 is 0 Å². The molecule has 6 nitrogen and oxygen atoms in total. The minimum absolute atomic E-state index is 0.138. The number of carbonyl (C=O) groups excluding carboxylic acids is 1. The standard InChI is InChI=1S/C24H26N2O4S/c1-18-7-11-23(12-8-18)31(28,29)26-15-13-25(14-16-26)24(27)19(2)30-22-10-9-20-5-3-4-6-21(20)17-22/h3-12,17,19H,13-16H2,1-2H3/t19-/m1/s1. The molecule has 1 fully saturated rings. The van der Waals surface area contributed by atoms with Crippen molar-refractivity contribution in [3.63, 3.8) is 0 Å². The highest BCUT2D eigenvalue weighted by molar-refractivity contribution is 7.89. The van der Waals surface area contributed by atoms with E-state index in [1.54, 1.807) is 36.1 Å². The molecule has 0 spiro atoms. The second-order valence-corrected chi connectivity index (χ2v) is 9.75. The molecule has 7 heteroatoms. The van der Waals surface area contributed by atoms with E-state index in [-0.39, 0.29) is 23.9 Å². The molecule has 0 aromatic heterocycles. The predicted molar refractivity (Wildman–Crippen MR) is 121 cm³/mol. The molecule has 0 aliphatic carbocycles. The number of nitrogens with zero attached hydrogens (tertiary/aromatic N) is 2. The minimum Gasteiger partial charge on any atom is -0.481 e. The summed E-state index contributed by atoms with van der Waals surface area (Å²) >= 11 is 0. The molecular formula is C24H26N2O4S. The van der Waals surface area contributed by atoms with E-state index in [9.17, 15) is 13.2 Å². The third-order valence-electron chi connectivity index (χ3n) is 5.59.